The van der Waals surface area contributed by atoms with Gasteiger partial charge in [0.15, 0.2) is 0 Å². The first-order valence-electron chi connectivity index (χ1n) is 6.22. The van der Waals surface area contributed by atoms with Crippen LogP contribution in [0.25, 0.3) is 0 Å². The number of rotatable bonds is 3. The van der Waals surface area contributed by atoms with Crippen LogP contribution >= 0.6 is 15.9 Å². The van der Waals surface area contributed by atoms with E-state index in [0.29, 0.717) is 11.8 Å². The van der Waals surface area contributed by atoms with Crippen molar-refractivity contribution in [2.45, 2.75) is 38.5 Å². The van der Waals surface area contributed by atoms with Crippen molar-refractivity contribution in [1.29, 1.82) is 0 Å². The summed E-state index contributed by atoms with van der Waals surface area (Å²) in [7, 11) is 0. The molecule has 2 heteroatoms. The molecule has 1 aliphatic heterocycles. The molecule has 1 fully saturated rings. The summed E-state index contributed by atoms with van der Waals surface area (Å²) in [5.74, 6) is 1.35. The molecule has 0 amide bonds. The van der Waals surface area contributed by atoms with Crippen molar-refractivity contribution < 1.29 is 0 Å². The Morgan fingerprint density at radius 1 is 1.50 bits per heavy atom. The third kappa shape index (κ3) is 2.49. The fourth-order valence-electron chi connectivity index (χ4n) is 2.36. The molecule has 0 bridgehead atoms. The third-order valence-corrected chi connectivity index (χ3v) is 4.39. The molecule has 1 aromatic rings. The van der Waals surface area contributed by atoms with E-state index in [9.17, 15) is 0 Å². The lowest BCUT2D eigenvalue weighted by Gasteiger charge is -2.15. The molecule has 1 heterocycles. The van der Waals surface area contributed by atoms with E-state index in [0.717, 1.165) is 13.1 Å². The van der Waals surface area contributed by atoms with Gasteiger partial charge in [0.05, 0.1) is 0 Å². The third-order valence-electron chi connectivity index (χ3n) is 3.70. The predicted octanol–water partition coefficient (Wildman–Crippen LogP) is 4.04. The van der Waals surface area contributed by atoms with Crippen LogP contribution in [0, 0.1) is 0 Å². The van der Waals surface area contributed by atoms with Crippen molar-refractivity contribution in [3.63, 3.8) is 0 Å². The second-order valence-electron chi connectivity index (χ2n) is 4.78. The van der Waals surface area contributed by atoms with Crippen LogP contribution in [0.3, 0.4) is 0 Å². The van der Waals surface area contributed by atoms with Crippen LogP contribution < -0.4 is 5.32 Å². The van der Waals surface area contributed by atoms with E-state index in [-0.39, 0.29) is 0 Å². The van der Waals surface area contributed by atoms with Crippen molar-refractivity contribution in [1.82, 2.24) is 5.32 Å². The lowest BCUT2D eigenvalue weighted by Crippen LogP contribution is -2.08. The normalized spacial score (nSPS) is 22.3. The number of hydrogen-bond acceptors (Lipinski definition) is 1. The minimum absolute atomic E-state index is 0.644. The van der Waals surface area contributed by atoms with Crippen LogP contribution in [0.15, 0.2) is 22.7 Å². The number of nitrogens with one attached hydrogen (secondary N) is 1. The standard InChI is InChI=1S/C14H20BrN/c1-3-10(2)13-5-4-11(8-14(13)15)12-6-7-16-9-12/h4-5,8,10,12,16H,3,6-7,9H2,1-2H3. The number of halogens is 1. The van der Waals surface area contributed by atoms with Crippen molar-refractivity contribution in [2.24, 2.45) is 0 Å². The Bertz CT molecular complexity index is 356. The summed E-state index contributed by atoms with van der Waals surface area (Å²) in [4.78, 5) is 0. The SMILES string of the molecule is CCC(C)c1ccc(C2CCNC2)cc1Br. The molecule has 2 rings (SSSR count). The molecule has 0 aromatic heterocycles. The van der Waals surface area contributed by atoms with E-state index in [4.69, 9.17) is 0 Å². The van der Waals surface area contributed by atoms with Crippen LogP contribution in [0.2, 0.25) is 0 Å². The van der Waals surface area contributed by atoms with Crippen LogP contribution in [-0.2, 0) is 0 Å². The number of hydrogen-bond donors (Lipinski definition) is 1. The zero-order valence-corrected chi connectivity index (χ0v) is 11.7. The van der Waals surface area contributed by atoms with Crippen molar-refractivity contribution in [3.8, 4) is 0 Å². The van der Waals surface area contributed by atoms with Gasteiger partial charge in [-0.2, -0.15) is 0 Å². The Kier molecular flexibility index (Phi) is 4.04. The Labute approximate surface area is 107 Å². The van der Waals surface area contributed by atoms with E-state index >= 15 is 0 Å². The molecule has 0 aliphatic carbocycles. The van der Waals surface area contributed by atoms with Crippen LogP contribution in [0.4, 0.5) is 0 Å². The summed E-state index contributed by atoms with van der Waals surface area (Å²) in [6, 6.07) is 6.93. The minimum Gasteiger partial charge on any atom is -0.316 e. The molecule has 0 spiro atoms. The average molecular weight is 282 g/mol. The lowest BCUT2D eigenvalue weighted by molar-refractivity contribution is 0.724. The fourth-order valence-corrected chi connectivity index (χ4v) is 3.14. The molecule has 1 N–H and O–H groups in total. The molecule has 88 valence electrons. The highest BCUT2D eigenvalue weighted by Gasteiger charge is 2.17. The Morgan fingerprint density at radius 3 is 2.88 bits per heavy atom. The summed E-state index contributed by atoms with van der Waals surface area (Å²) in [5.41, 5.74) is 2.92. The molecule has 0 saturated carbocycles. The second kappa shape index (κ2) is 5.33. The Hall–Kier alpha value is -0.340. The first-order valence-corrected chi connectivity index (χ1v) is 7.01. The van der Waals surface area contributed by atoms with E-state index in [1.165, 1.54) is 28.4 Å². The van der Waals surface area contributed by atoms with Gasteiger partial charge in [0, 0.05) is 11.0 Å². The summed E-state index contributed by atoms with van der Waals surface area (Å²) >= 11 is 3.72. The van der Waals surface area contributed by atoms with Gasteiger partial charge < -0.3 is 5.32 Å². The van der Waals surface area contributed by atoms with Gasteiger partial charge in [-0.05, 0) is 48.4 Å². The van der Waals surface area contributed by atoms with Crippen LogP contribution in [0.1, 0.15) is 49.7 Å². The van der Waals surface area contributed by atoms with Gasteiger partial charge in [0.1, 0.15) is 0 Å². The van der Waals surface area contributed by atoms with Gasteiger partial charge in [0.25, 0.3) is 0 Å². The maximum Gasteiger partial charge on any atom is 0.0212 e. The van der Waals surface area contributed by atoms with E-state index in [2.05, 4.69) is 53.3 Å². The van der Waals surface area contributed by atoms with Crippen LogP contribution in [0.5, 0.6) is 0 Å². The molecule has 16 heavy (non-hydrogen) atoms. The quantitative estimate of drug-likeness (QED) is 0.882. The maximum absolute atomic E-state index is 3.72. The molecular weight excluding hydrogens is 262 g/mol. The van der Waals surface area contributed by atoms with Crippen LogP contribution in [-0.4, -0.2) is 13.1 Å². The molecule has 1 saturated heterocycles. The van der Waals surface area contributed by atoms with E-state index < -0.39 is 0 Å². The molecular formula is C14H20BrN. The Morgan fingerprint density at radius 2 is 2.31 bits per heavy atom. The summed E-state index contributed by atoms with van der Waals surface area (Å²) in [6.07, 6.45) is 2.47. The van der Waals surface area contributed by atoms with Crippen molar-refractivity contribution in [2.75, 3.05) is 13.1 Å². The first kappa shape index (κ1) is 12.1. The zero-order valence-electron chi connectivity index (χ0n) is 10.1. The molecule has 0 radical (unpaired) electrons. The van der Waals surface area contributed by atoms with Gasteiger partial charge in [-0.3, -0.25) is 0 Å². The lowest BCUT2D eigenvalue weighted by atomic mass is 9.93. The molecule has 2 atom stereocenters. The molecule has 1 nitrogen and oxygen atoms in total. The molecule has 2 unspecified atom stereocenters. The van der Waals surface area contributed by atoms with Crippen molar-refractivity contribution in [3.05, 3.63) is 33.8 Å². The molecule has 1 aliphatic rings. The first-order chi connectivity index (χ1) is 7.72. The van der Waals surface area contributed by atoms with Gasteiger partial charge in [-0.15, -0.1) is 0 Å². The average Bonchev–Trinajstić information content (AvgIpc) is 2.81. The van der Waals surface area contributed by atoms with E-state index in [1.807, 2.05) is 0 Å². The van der Waals surface area contributed by atoms with Crippen molar-refractivity contribution >= 4 is 15.9 Å². The fraction of sp³-hybridized carbons (Fsp3) is 0.571. The minimum atomic E-state index is 0.644. The summed E-state index contributed by atoms with van der Waals surface area (Å²) in [5, 5.41) is 3.42. The summed E-state index contributed by atoms with van der Waals surface area (Å²) in [6.45, 7) is 6.83. The van der Waals surface area contributed by atoms with Gasteiger partial charge in [-0.1, -0.05) is 41.9 Å². The zero-order chi connectivity index (χ0) is 11.5. The van der Waals surface area contributed by atoms with E-state index in [1.54, 1.807) is 0 Å². The largest absolute Gasteiger partial charge is 0.316 e. The molecule has 1 aromatic carbocycles. The number of benzene rings is 1. The monoisotopic (exact) mass is 281 g/mol. The highest BCUT2D eigenvalue weighted by molar-refractivity contribution is 9.10. The van der Waals surface area contributed by atoms with Gasteiger partial charge in [0.2, 0.25) is 0 Å². The Balaban J connectivity index is 2.21. The summed E-state index contributed by atoms with van der Waals surface area (Å²) < 4.78 is 1.28. The second-order valence-corrected chi connectivity index (χ2v) is 5.63. The van der Waals surface area contributed by atoms with Gasteiger partial charge in [-0.25, -0.2) is 0 Å². The topological polar surface area (TPSA) is 12.0 Å². The predicted molar refractivity (Wildman–Crippen MR) is 73.1 cm³/mol. The van der Waals surface area contributed by atoms with Gasteiger partial charge >= 0.3 is 0 Å². The smallest absolute Gasteiger partial charge is 0.0212 e. The highest BCUT2D eigenvalue weighted by atomic mass is 79.9. The highest BCUT2D eigenvalue weighted by Crippen LogP contribution is 2.31. The maximum atomic E-state index is 3.72.